The van der Waals surface area contributed by atoms with Gasteiger partial charge in [0.1, 0.15) is 6.61 Å². The van der Waals surface area contributed by atoms with Gasteiger partial charge in [-0.1, -0.05) is 114 Å². The van der Waals surface area contributed by atoms with Gasteiger partial charge in [0.25, 0.3) is 0 Å². The van der Waals surface area contributed by atoms with Gasteiger partial charge in [-0.3, -0.25) is 4.79 Å². The predicted molar refractivity (Wildman–Crippen MR) is 107 cm³/mol. The second kappa shape index (κ2) is 16.2. The molecule has 0 spiro atoms. The van der Waals surface area contributed by atoms with Crippen molar-refractivity contribution in [3.8, 4) is 0 Å². The summed E-state index contributed by atoms with van der Waals surface area (Å²) in [6.07, 6.45) is 17.8. The third-order valence-electron chi connectivity index (χ3n) is 4.73. The molecule has 0 radical (unpaired) electrons. The van der Waals surface area contributed by atoms with E-state index < -0.39 is 0 Å². The average molecular weight is 347 g/mol. The standard InChI is InChI=1S/C23H38O2/c1-2-3-4-5-6-7-8-9-10-11-12-13-17-20-23(24)25-21-22-18-15-14-16-19-22/h14-16,18-19H,2-13,17,20-21H2,1H3. The van der Waals surface area contributed by atoms with E-state index in [1.165, 1.54) is 70.6 Å². The molecule has 0 N–H and O–H groups in total. The Morgan fingerprint density at radius 1 is 0.720 bits per heavy atom. The van der Waals surface area contributed by atoms with Crippen LogP contribution in [0, 0.1) is 0 Å². The minimum absolute atomic E-state index is 0.0630. The van der Waals surface area contributed by atoms with Crippen LogP contribution in [0.25, 0.3) is 0 Å². The first-order valence-corrected chi connectivity index (χ1v) is 10.5. The lowest BCUT2D eigenvalue weighted by atomic mass is 10.0. The zero-order valence-electron chi connectivity index (χ0n) is 16.3. The highest BCUT2D eigenvalue weighted by molar-refractivity contribution is 5.69. The van der Waals surface area contributed by atoms with E-state index in [0.717, 1.165) is 18.4 Å². The number of esters is 1. The molecule has 2 nitrogen and oxygen atoms in total. The summed E-state index contributed by atoms with van der Waals surface area (Å²) in [4.78, 5) is 11.7. The third-order valence-corrected chi connectivity index (χ3v) is 4.73. The summed E-state index contributed by atoms with van der Waals surface area (Å²) < 4.78 is 5.30. The van der Waals surface area contributed by atoms with Crippen molar-refractivity contribution in [2.75, 3.05) is 0 Å². The molecule has 1 rings (SSSR count). The van der Waals surface area contributed by atoms with E-state index >= 15 is 0 Å². The molecular formula is C23H38O2. The van der Waals surface area contributed by atoms with Crippen LogP contribution in [0.3, 0.4) is 0 Å². The molecule has 0 heterocycles. The normalized spacial score (nSPS) is 10.8. The molecule has 0 saturated carbocycles. The topological polar surface area (TPSA) is 26.3 Å². The summed E-state index contributed by atoms with van der Waals surface area (Å²) in [7, 11) is 0. The van der Waals surface area contributed by atoms with Crippen molar-refractivity contribution in [3.63, 3.8) is 0 Å². The van der Waals surface area contributed by atoms with Crippen molar-refractivity contribution < 1.29 is 9.53 Å². The number of rotatable bonds is 16. The number of ether oxygens (including phenoxy) is 1. The fourth-order valence-electron chi connectivity index (χ4n) is 3.10. The highest BCUT2D eigenvalue weighted by Crippen LogP contribution is 2.13. The van der Waals surface area contributed by atoms with Crippen LogP contribution in [0.1, 0.15) is 102 Å². The van der Waals surface area contributed by atoms with E-state index in [0.29, 0.717) is 13.0 Å². The van der Waals surface area contributed by atoms with Gasteiger partial charge in [0.2, 0.25) is 0 Å². The summed E-state index contributed by atoms with van der Waals surface area (Å²) in [5.74, 6) is -0.0630. The maximum absolute atomic E-state index is 11.7. The Morgan fingerprint density at radius 3 is 1.72 bits per heavy atom. The fourth-order valence-corrected chi connectivity index (χ4v) is 3.10. The lowest BCUT2D eigenvalue weighted by Gasteiger charge is -2.05. The first kappa shape index (κ1) is 21.7. The van der Waals surface area contributed by atoms with Gasteiger partial charge in [0.15, 0.2) is 0 Å². The van der Waals surface area contributed by atoms with E-state index in [1.807, 2.05) is 30.3 Å². The van der Waals surface area contributed by atoms with Gasteiger partial charge in [-0.05, 0) is 12.0 Å². The fraction of sp³-hybridized carbons (Fsp3) is 0.696. The third kappa shape index (κ3) is 13.6. The van der Waals surface area contributed by atoms with Gasteiger partial charge < -0.3 is 4.74 Å². The van der Waals surface area contributed by atoms with Gasteiger partial charge in [-0.2, -0.15) is 0 Å². The van der Waals surface area contributed by atoms with Gasteiger partial charge in [0.05, 0.1) is 0 Å². The second-order valence-electron chi connectivity index (χ2n) is 7.14. The SMILES string of the molecule is CCCCCCCCCCCCCCCC(=O)OCc1ccccc1. The van der Waals surface area contributed by atoms with Crippen LogP contribution < -0.4 is 0 Å². The van der Waals surface area contributed by atoms with E-state index in [4.69, 9.17) is 4.74 Å². The van der Waals surface area contributed by atoms with Crippen molar-refractivity contribution in [2.45, 2.75) is 103 Å². The summed E-state index contributed by atoms with van der Waals surface area (Å²) in [5.41, 5.74) is 1.06. The molecule has 0 bridgehead atoms. The van der Waals surface area contributed by atoms with Crippen molar-refractivity contribution in [3.05, 3.63) is 35.9 Å². The Bertz CT molecular complexity index is 413. The molecule has 25 heavy (non-hydrogen) atoms. The van der Waals surface area contributed by atoms with Crippen LogP contribution in [0.4, 0.5) is 0 Å². The summed E-state index contributed by atoms with van der Waals surface area (Å²) >= 11 is 0. The van der Waals surface area contributed by atoms with Crippen molar-refractivity contribution >= 4 is 5.97 Å². The molecule has 0 unspecified atom stereocenters. The molecule has 1 aromatic rings. The van der Waals surface area contributed by atoms with Crippen LogP contribution in [0.2, 0.25) is 0 Å². The van der Waals surface area contributed by atoms with Gasteiger partial charge in [-0.15, -0.1) is 0 Å². The molecule has 0 aliphatic carbocycles. The maximum atomic E-state index is 11.7. The molecule has 0 atom stereocenters. The Labute approximate surface area is 155 Å². The summed E-state index contributed by atoms with van der Waals surface area (Å²) in [5, 5.41) is 0. The average Bonchev–Trinajstić information content (AvgIpc) is 2.64. The quantitative estimate of drug-likeness (QED) is 0.233. The van der Waals surface area contributed by atoms with Crippen LogP contribution in [-0.2, 0) is 16.1 Å². The maximum Gasteiger partial charge on any atom is 0.306 e. The van der Waals surface area contributed by atoms with Crippen LogP contribution in [0.15, 0.2) is 30.3 Å². The Balaban J connectivity index is 1.80. The monoisotopic (exact) mass is 346 g/mol. The van der Waals surface area contributed by atoms with Crippen molar-refractivity contribution in [1.29, 1.82) is 0 Å². The number of hydrogen-bond donors (Lipinski definition) is 0. The minimum atomic E-state index is -0.0630. The Kier molecular flexibility index (Phi) is 14.1. The predicted octanol–water partition coefficient (Wildman–Crippen LogP) is 7.21. The zero-order valence-corrected chi connectivity index (χ0v) is 16.3. The number of carbonyl (C=O) groups excluding carboxylic acids is 1. The first-order chi connectivity index (χ1) is 12.3. The molecule has 0 saturated heterocycles. The van der Waals surface area contributed by atoms with Gasteiger partial charge >= 0.3 is 5.97 Å². The lowest BCUT2D eigenvalue weighted by molar-refractivity contribution is -0.145. The molecule has 142 valence electrons. The molecule has 0 aliphatic heterocycles. The zero-order chi connectivity index (χ0) is 18.0. The van der Waals surface area contributed by atoms with Crippen LogP contribution >= 0.6 is 0 Å². The largest absolute Gasteiger partial charge is 0.461 e. The second-order valence-corrected chi connectivity index (χ2v) is 7.14. The first-order valence-electron chi connectivity index (χ1n) is 10.5. The van der Waals surface area contributed by atoms with Crippen LogP contribution in [0.5, 0.6) is 0 Å². The van der Waals surface area contributed by atoms with Gasteiger partial charge in [0, 0.05) is 6.42 Å². The number of carbonyl (C=O) groups is 1. The van der Waals surface area contributed by atoms with E-state index in [9.17, 15) is 4.79 Å². The molecule has 0 aliphatic rings. The van der Waals surface area contributed by atoms with E-state index in [-0.39, 0.29) is 5.97 Å². The Hall–Kier alpha value is -1.31. The summed E-state index contributed by atoms with van der Waals surface area (Å²) in [6, 6.07) is 9.88. The van der Waals surface area contributed by atoms with Crippen molar-refractivity contribution in [1.82, 2.24) is 0 Å². The van der Waals surface area contributed by atoms with Gasteiger partial charge in [-0.25, -0.2) is 0 Å². The molecule has 0 aromatic heterocycles. The molecule has 2 heteroatoms. The Morgan fingerprint density at radius 2 is 1.20 bits per heavy atom. The number of hydrogen-bond acceptors (Lipinski definition) is 2. The summed E-state index contributed by atoms with van der Waals surface area (Å²) in [6.45, 7) is 2.67. The highest BCUT2D eigenvalue weighted by atomic mass is 16.5. The smallest absolute Gasteiger partial charge is 0.306 e. The molecule has 1 aromatic carbocycles. The van der Waals surface area contributed by atoms with Crippen LogP contribution in [-0.4, -0.2) is 5.97 Å². The molecule has 0 amide bonds. The molecular weight excluding hydrogens is 308 g/mol. The molecule has 0 fully saturated rings. The highest BCUT2D eigenvalue weighted by Gasteiger charge is 2.03. The van der Waals surface area contributed by atoms with E-state index in [1.54, 1.807) is 0 Å². The number of benzene rings is 1. The van der Waals surface area contributed by atoms with Crippen molar-refractivity contribution in [2.24, 2.45) is 0 Å². The van der Waals surface area contributed by atoms with E-state index in [2.05, 4.69) is 6.92 Å². The number of unbranched alkanes of at least 4 members (excludes halogenated alkanes) is 12. The lowest BCUT2D eigenvalue weighted by Crippen LogP contribution is -2.04. The minimum Gasteiger partial charge on any atom is -0.461 e.